The summed E-state index contributed by atoms with van der Waals surface area (Å²) in [7, 11) is 1.71. The third kappa shape index (κ3) is 2.11. The predicted molar refractivity (Wildman–Crippen MR) is 73.4 cm³/mol. The zero-order chi connectivity index (χ0) is 14.0. The molecular weight excluding hydrogens is 240 g/mol. The molecule has 2 rings (SSSR count). The standard InChI is InChI=1S/C15H20N2O2/c1-4-15(5-2)14(19)17(3)12(13(18)16-15)11-9-7-6-8-10-11/h6-10,12H,4-5H2,1-3H3,(H,16,18). The highest BCUT2D eigenvalue weighted by Crippen LogP contribution is 2.31. The number of carbonyl (C=O) groups excluding carboxylic acids is 2. The summed E-state index contributed by atoms with van der Waals surface area (Å²) in [5.41, 5.74) is 0.105. The summed E-state index contributed by atoms with van der Waals surface area (Å²) in [4.78, 5) is 26.5. The first-order valence-electron chi connectivity index (χ1n) is 6.70. The fraction of sp³-hybridized carbons (Fsp3) is 0.467. The summed E-state index contributed by atoms with van der Waals surface area (Å²) in [5.74, 6) is -0.108. The van der Waals surface area contributed by atoms with Crippen LogP contribution in [-0.4, -0.2) is 29.3 Å². The van der Waals surface area contributed by atoms with Crippen LogP contribution in [0.1, 0.15) is 38.3 Å². The molecule has 0 aliphatic carbocycles. The number of nitrogens with one attached hydrogen (secondary N) is 1. The Labute approximate surface area is 113 Å². The van der Waals surface area contributed by atoms with Crippen LogP contribution >= 0.6 is 0 Å². The molecule has 1 N–H and O–H groups in total. The number of likely N-dealkylation sites (N-methyl/N-ethyl adjacent to an activating group) is 1. The molecule has 1 heterocycles. The summed E-state index contributed by atoms with van der Waals surface area (Å²) in [6, 6.07) is 8.87. The van der Waals surface area contributed by atoms with E-state index in [-0.39, 0.29) is 11.8 Å². The number of rotatable bonds is 3. The number of benzene rings is 1. The Morgan fingerprint density at radius 3 is 2.26 bits per heavy atom. The van der Waals surface area contributed by atoms with Gasteiger partial charge in [-0.1, -0.05) is 44.2 Å². The fourth-order valence-electron chi connectivity index (χ4n) is 2.73. The lowest BCUT2D eigenvalue weighted by atomic mass is 9.86. The maximum atomic E-state index is 12.5. The lowest BCUT2D eigenvalue weighted by Gasteiger charge is -2.44. The van der Waals surface area contributed by atoms with E-state index in [4.69, 9.17) is 0 Å². The van der Waals surface area contributed by atoms with Crippen LogP contribution in [0.3, 0.4) is 0 Å². The molecule has 0 radical (unpaired) electrons. The summed E-state index contributed by atoms with van der Waals surface area (Å²) >= 11 is 0. The first-order valence-corrected chi connectivity index (χ1v) is 6.70. The highest BCUT2D eigenvalue weighted by molar-refractivity contribution is 6.00. The van der Waals surface area contributed by atoms with Crippen molar-refractivity contribution in [1.29, 1.82) is 0 Å². The molecule has 0 spiro atoms. The molecule has 1 unspecified atom stereocenters. The lowest BCUT2D eigenvalue weighted by molar-refractivity contribution is -0.154. The van der Waals surface area contributed by atoms with Crippen molar-refractivity contribution in [3.8, 4) is 0 Å². The Balaban J connectivity index is 2.37. The van der Waals surface area contributed by atoms with Crippen molar-refractivity contribution in [2.24, 2.45) is 0 Å². The molecule has 1 aromatic rings. The van der Waals surface area contributed by atoms with Gasteiger partial charge in [-0.15, -0.1) is 0 Å². The minimum absolute atomic E-state index is 0.00838. The number of piperazine rings is 1. The molecule has 1 saturated heterocycles. The average molecular weight is 260 g/mol. The van der Waals surface area contributed by atoms with Gasteiger partial charge >= 0.3 is 0 Å². The summed E-state index contributed by atoms with van der Waals surface area (Å²) in [6.07, 6.45) is 1.22. The number of hydrogen-bond donors (Lipinski definition) is 1. The average Bonchev–Trinajstić information content (AvgIpc) is 2.44. The van der Waals surface area contributed by atoms with Gasteiger partial charge in [0.15, 0.2) is 0 Å². The molecule has 0 bridgehead atoms. The molecule has 2 amide bonds. The molecule has 19 heavy (non-hydrogen) atoms. The van der Waals surface area contributed by atoms with Crippen molar-refractivity contribution < 1.29 is 9.59 Å². The van der Waals surface area contributed by atoms with Gasteiger partial charge in [0.1, 0.15) is 11.6 Å². The zero-order valence-electron chi connectivity index (χ0n) is 11.6. The van der Waals surface area contributed by atoms with Crippen LogP contribution in [0.5, 0.6) is 0 Å². The number of carbonyl (C=O) groups is 2. The minimum Gasteiger partial charge on any atom is -0.340 e. The number of hydrogen-bond acceptors (Lipinski definition) is 2. The van der Waals surface area contributed by atoms with Gasteiger partial charge in [-0.3, -0.25) is 9.59 Å². The molecule has 1 aromatic carbocycles. The van der Waals surface area contributed by atoms with E-state index < -0.39 is 11.6 Å². The zero-order valence-corrected chi connectivity index (χ0v) is 11.6. The first kappa shape index (κ1) is 13.6. The van der Waals surface area contributed by atoms with Crippen LogP contribution < -0.4 is 5.32 Å². The third-order valence-electron chi connectivity index (χ3n) is 4.05. The Morgan fingerprint density at radius 2 is 1.74 bits per heavy atom. The molecule has 1 fully saturated rings. The third-order valence-corrected chi connectivity index (χ3v) is 4.05. The fourth-order valence-corrected chi connectivity index (χ4v) is 2.73. The van der Waals surface area contributed by atoms with Crippen molar-refractivity contribution in [2.45, 2.75) is 38.3 Å². The van der Waals surface area contributed by atoms with Gasteiger partial charge in [0, 0.05) is 7.05 Å². The Hall–Kier alpha value is -1.84. The van der Waals surface area contributed by atoms with Crippen LogP contribution in [0.4, 0.5) is 0 Å². The molecule has 4 nitrogen and oxygen atoms in total. The number of amides is 2. The molecule has 102 valence electrons. The van der Waals surface area contributed by atoms with Crippen LogP contribution in [0.15, 0.2) is 30.3 Å². The summed E-state index contributed by atoms with van der Waals surface area (Å²) in [6.45, 7) is 3.86. The van der Waals surface area contributed by atoms with Gasteiger partial charge in [0.2, 0.25) is 11.8 Å². The van der Waals surface area contributed by atoms with Crippen molar-refractivity contribution in [3.05, 3.63) is 35.9 Å². The van der Waals surface area contributed by atoms with Crippen LogP contribution in [0, 0.1) is 0 Å². The molecule has 0 aromatic heterocycles. The molecular formula is C15H20N2O2. The van der Waals surface area contributed by atoms with Crippen molar-refractivity contribution >= 4 is 11.8 Å². The Bertz CT molecular complexity index is 480. The van der Waals surface area contributed by atoms with Crippen LogP contribution in [0.2, 0.25) is 0 Å². The second-order valence-electron chi connectivity index (χ2n) is 5.01. The van der Waals surface area contributed by atoms with Gasteiger partial charge < -0.3 is 10.2 Å². The lowest BCUT2D eigenvalue weighted by Crippen LogP contribution is -2.66. The Kier molecular flexibility index (Phi) is 3.60. The minimum atomic E-state index is -0.739. The van der Waals surface area contributed by atoms with Gasteiger partial charge in [0.05, 0.1) is 0 Å². The van der Waals surface area contributed by atoms with Gasteiger partial charge in [-0.2, -0.15) is 0 Å². The van der Waals surface area contributed by atoms with E-state index in [0.717, 1.165) is 5.56 Å². The van der Waals surface area contributed by atoms with Crippen LogP contribution in [0.25, 0.3) is 0 Å². The predicted octanol–water partition coefficient (Wildman–Crippen LogP) is 1.87. The first-order chi connectivity index (χ1) is 9.05. The van der Waals surface area contributed by atoms with Crippen molar-refractivity contribution in [2.75, 3.05) is 7.05 Å². The van der Waals surface area contributed by atoms with E-state index in [1.54, 1.807) is 11.9 Å². The summed E-state index contributed by atoms with van der Waals surface area (Å²) < 4.78 is 0. The second kappa shape index (κ2) is 5.03. The normalized spacial score (nSPS) is 22.3. The molecule has 0 saturated carbocycles. The maximum Gasteiger partial charge on any atom is 0.248 e. The Morgan fingerprint density at radius 1 is 1.16 bits per heavy atom. The van der Waals surface area contributed by atoms with E-state index in [1.165, 1.54) is 0 Å². The molecule has 1 aliphatic heterocycles. The van der Waals surface area contributed by atoms with Crippen LogP contribution in [-0.2, 0) is 9.59 Å². The SMILES string of the molecule is CCC1(CC)NC(=O)C(c2ccccc2)N(C)C1=O. The van der Waals surface area contributed by atoms with E-state index >= 15 is 0 Å². The summed E-state index contributed by atoms with van der Waals surface area (Å²) in [5, 5.41) is 2.93. The monoisotopic (exact) mass is 260 g/mol. The van der Waals surface area contributed by atoms with Crippen molar-refractivity contribution in [1.82, 2.24) is 10.2 Å². The highest BCUT2D eigenvalue weighted by Gasteiger charge is 2.47. The molecule has 1 aliphatic rings. The highest BCUT2D eigenvalue weighted by atomic mass is 16.2. The van der Waals surface area contributed by atoms with E-state index in [0.29, 0.717) is 12.8 Å². The molecule has 1 atom stereocenters. The maximum absolute atomic E-state index is 12.5. The second-order valence-corrected chi connectivity index (χ2v) is 5.01. The van der Waals surface area contributed by atoms with Gasteiger partial charge in [-0.25, -0.2) is 0 Å². The van der Waals surface area contributed by atoms with E-state index in [2.05, 4.69) is 5.32 Å². The number of nitrogens with zero attached hydrogens (tertiary/aromatic N) is 1. The largest absolute Gasteiger partial charge is 0.340 e. The van der Waals surface area contributed by atoms with Gasteiger partial charge in [-0.05, 0) is 18.4 Å². The van der Waals surface area contributed by atoms with Gasteiger partial charge in [0.25, 0.3) is 0 Å². The quantitative estimate of drug-likeness (QED) is 0.902. The molecule has 4 heteroatoms. The van der Waals surface area contributed by atoms with E-state index in [1.807, 2.05) is 44.2 Å². The topological polar surface area (TPSA) is 49.4 Å². The van der Waals surface area contributed by atoms with Crippen molar-refractivity contribution in [3.63, 3.8) is 0 Å². The smallest absolute Gasteiger partial charge is 0.248 e. The van der Waals surface area contributed by atoms with E-state index in [9.17, 15) is 9.59 Å².